The van der Waals surface area contributed by atoms with Crippen molar-refractivity contribution in [3.05, 3.63) is 35.5 Å². The summed E-state index contributed by atoms with van der Waals surface area (Å²) < 4.78 is 0. The summed E-state index contributed by atoms with van der Waals surface area (Å²) in [4.78, 5) is 15.0. The molecule has 3 rings (SSSR count). The summed E-state index contributed by atoms with van der Waals surface area (Å²) in [5.41, 5.74) is 3.13. The summed E-state index contributed by atoms with van der Waals surface area (Å²) in [5, 5.41) is 1.10. The molecule has 0 radical (unpaired) electrons. The molecular weight excluding hydrogens is 242 g/mol. The van der Waals surface area contributed by atoms with E-state index >= 15 is 0 Å². The van der Waals surface area contributed by atoms with Gasteiger partial charge in [-0.05, 0) is 18.1 Å². The summed E-state index contributed by atoms with van der Waals surface area (Å²) >= 11 is 3.41. The fraction of sp³-hybridized carbons (Fsp3) is 0.182. The Labute approximate surface area is 89.4 Å². The highest BCUT2D eigenvalue weighted by molar-refractivity contribution is 9.10. The summed E-state index contributed by atoms with van der Waals surface area (Å²) in [6.07, 6.45) is 2.78. The number of halogens is 1. The lowest BCUT2D eigenvalue weighted by molar-refractivity contribution is 0.0990. The van der Waals surface area contributed by atoms with Crippen molar-refractivity contribution >= 4 is 32.6 Å². The quantitative estimate of drug-likeness (QED) is 0.716. The van der Waals surface area contributed by atoms with Crippen LogP contribution in [0, 0.1) is 0 Å². The van der Waals surface area contributed by atoms with Gasteiger partial charge in [-0.1, -0.05) is 28.1 Å². The summed E-state index contributed by atoms with van der Waals surface area (Å²) in [6.45, 7) is 0. The van der Waals surface area contributed by atoms with Gasteiger partial charge in [-0.15, -0.1) is 0 Å². The number of aromatic amines is 1. The van der Waals surface area contributed by atoms with E-state index in [9.17, 15) is 4.79 Å². The number of nitrogens with one attached hydrogen (secondary N) is 1. The maximum Gasteiger partial charge on any atom is 0.177 e. The van der Waals surface area contributed by atoms with Crippen LogP contribution in [0.15, 0.2) is 24.4 Å². The van der Waals surface area contributed by atoms with Gasteiger partial charge in [0.25, 0.3) is 0 Å². The summed E-state index contributed by atoms with van der Waals surface area (Å²) in [7, 11) is 0. The van der Waals surface area contributed by atoms with Gasteiger partial charge in [-0.25, -0.2) is 0 Å². The van der Waals surface area contributed by atoms with Crippen LogP contribution in [0.5, 0.6) is 0 Å². The fourth-order valence-electron chi connectivity index (χ4n) is 2.08. The minimum absolute atomic E-state index is 0.0589. The molecule has 1 aliphatic carbocycles. The van der Waals surface area contributed by atoms with Gasteiger partial charge in [0.05, 0.1) is 4.83 Å². The summed E-state index contributed by atoms with van der Waals surface area (Å²) in [6, 6.07) is 5.82. The molecule has 1 unspecified atom stereocenters. The Balaban J connectivity index is 2.44. The average molecular weight is 250 g/mol. The molecule has 1 aromatic heterocycles. The smallest absolute Gasteiger partial charge is 0.177 e. The molecule has 0 fully saturated rings. The van der Waals surface area contributed by atoms with Crippen molar-refractivity contribution in [3.8, 4) is 0 Å². The number of alkyl halides is 1. The molecule has 1 heterocycles. The standard InChI is InChI=1S/C11H8BrNO/c12-8-4-6-5-13-9-3-1-2-7(10(6)9)11(8)14/h1-3,5,8,13H,4H2. The second kappa shape index (κ2) is 2.70. The van der Waals surface area contributed by atoms with Gasteiger partial charge >= 0.3 is 0 Å². The average Bonchev–Trinajstić information content (AvgIpc) is 2.59. The highest BCUT2D eigenvalue weighted by Crippen LogP contribution is 2.31. The zero-order valence-electron chi connectivity index (χ0n) is 7.38. The molecule has 3 heteroatoms. The SMILES string of the molecule is O=C1c2cccc3[nH]cc(c23)CC1Br. The van der Waals surface area contributed by atoms with E-state index in [-0.39, 0.29) is 10.6 Å². The van der Waals surface area contributed by atoms with E-state index in [1.54, 1.807) is 0 Å². The van der Waals surface area contributed by atoms with E-state index in [0.29, 0.717) is 0 Å². The first-order chi connectivity index (χ1) is 6.77. The third kappa shape index (κ3) is 0.932. The van der Waals surface area contributed by atoms with E-state index in [2.05, 4.69) is 20.9 Å². The predicted octanol–water partition coefficient (Wildman–Crippen LogP) is 2.67. The Bertz CT molecular complexity index is 529. The number of ketones is 1. The molecule has 1 N–H and O–H groups in total. The number of Topliss-reactive ketones (excluding diaryl/α,β-unsaturated/α-hetero) is 1. The maximum atomic E-state index is 11.8. The van der Waals surface area contributed by atoms with Crippen LogP contribution >= 0.6 is 15.9 Å². The first kappa shape index (κ1) is 8.24. The molecule has 1 aromatic carbocycles. The largest absolute Gasteiger partial charge is 0.361 e. The fourth-order valence-corrected chi connectivity index (χ4v) is 2.67. The lowest BCUT2D eigenvalue weighted by Gasteiger charge is -2.15. The topological polar surface area (TPSA) is 32.9 Å². The van der Waals surface area contributed by atoms with Crippen LogP contribution in [0.25, 0.3) is 10.9 Å². The third-order valence-corrected chi connectivity index (χ3v) is 3.48. The zero-order valence-corrected chi connectivity index (χ0v) is 8.97. The Morgan fingerprint density at radius 3 is 3.14 bits per heavy atom. The molecule has 0 saturated carbocycles. The van der Waals surface area contributed by atoms with Crippen molar-refractivity contribution < 1.29 is 4.79 Å². The number of hydrogen-bond acceptors (Lipinski definition) is 1. The van der Waals surface area contributed by atoms with Crippen LogP contribution in [0.3, 0.4) is 0 Å². The minimum Gasteiger partial charge on any atom is -0.361 e. The molecule has 0 aliphatic heterocycles. The maximum absolute atomic E-state index is 11.8. The molecule has 0 amide bonds. The van der Waals surface area contributed by atoms with E-state index in [1.165, 1.54) is 5.56 Å². The van der Waals surface area contributed by atoms with Crippen LogP contribution in [-0.2, 0) is 6.42 Å². The van der Waals surface area contributed by atoms with Crippen LogP contribution in [0.2, 0.25) is 0 Å². The van der Waals surface area contributed by atoms with Gasteiger partial charge in [0.15, 0.2) is 5.78 Å². The molecule has 14 heavy (non-hydrogen) atoms. The van der Waals surface area contributed by atoms with Crippen molar-refractivity contribution in [3.63, 3.8) is 0 Å². The number of aromatic nitrogens is 1. The first-order valence-electron chi connectivity index (χ1n) is 4.54. The Kier molecular flexibility index (Phi) is 1.59. The van der Waals surface area contributed by atoms with E-state index in [0.717, 1.165) is 22.9 Å². The van der Waals surface area contributed by atoms with Gasteiger partial charge in [0.1, 0.15) is 0 Å². The van der Waals surface area contributed by atoms with Crippen LogP contribution in [0.1, 0.15) is 15.9 Å². The number of H-pyrrole nitrogens is 1. The monoisotopic (exact) mass is 249 g/mol. The van der Waals surface area contributed by atoms with Crippen molar-refractivity contribution in [1.82, 2.24) is 4.98 Å². The van der Waals surface area contributed by atoms with Crippen molar-refractivity contribution in [2.24, 2.45) is 0 Å². The van der Waals surface area contributed by atoms with Gasteiger partial charge in [-0.3, -0.25) is 4.79 Å². The predicted molar refractivity (Wildman–Crippen MR) is 59.0 cm³/mol. The van der Waals surface area contributed by atoms with Gasteiger partial charge in [0, 0.05) is 22.7 Å². The van der Waals surface area contributed by atoms with E-state index in [1.807, 2.05) is 24.4 Å². The van der Waals surface area contributed by atoms with E-state index in [4.69, 9.17) is 0 Å². The summed E-state index contributed by atoms with van der Waals surface area (Å²) in [5.74, 6) is 0.197. The van der Waals surface area contributed by atoms with Crippen molar-refractivity contribution in [1.29, 1.82) is 0 Å². The molecule has 1 aliphatic rings. The highest BCUT2D eigenvalue weighted by Gasteiger charge is 2.26. The molecule has 2 aromatic rings. The highest BCUT2D eigenvalue weighted by atomic mass is 79.9. The Morgan fingerprint density at radius 1 is 1.43 bits per heavy atom. The Hall–Kier alpha value is -1.09. The molecule has 0 bridgehead atoms. The third-order valence-electron chi connectivity index (χ3n) is 2.74. The Morgan fingerprint density at radius 2 is 2.29 bits per heavy atom. The van der Waals surface area contributed by atoms with Gasteiger partial charge in [-0.2, -0.15) is 0 Å². The normalized spacial score (nSPS) is 20.4. The molecule has 0 saturated heterocycles. The number of carbonyl (C=O) groups is 1. The van der Waals surface area contributed by atoms with Gasteiger partial charge < -0.3 is 4.98 Å². The van der Waals surface area contributed by atoms with Crippen molar-refractivity contribution in [2.75, 3.05) is 0 Å². The molecular formula is C11H8BrNO. The molecule has 70 valence electrons. The molecule has 1 atom stereocenters. The lowest BCUT2D eigenvalue weighted by Crippen LogP contribution is -2.21. The number of hydrogen-bond donors (Lipinski definition) is 1. The second-order valence-electron chi connectivity index (χ2n) is 3.58. The second-order valence-corrected chi connectivity index (χ2v) is 4.68. The zero-order chi connectivity index (χ0) is 9.71. The van der Waals surface area contributed by atoms with Crippen LogP contribution in [-0.4, -0.2) is 15.6 Å². The number of carbonyl (C=O) groups excluding carboxylic acids is 1. The molecule has 0 spiro atoms. The van der Waals surface area contributed by atoms with Crippen LogP contribution < -0.4 is 0 Å². The minimum atomic E-state index is -0.0589. The van der Waals surface area contributed by atoms with Gasteiger partial charge in [0.2, 0.25) is 0 Å². The lowest BCUT2D eigenvalue weighted by atomic mass is 9.92. The number of rotatable bonds is 0. The van der Waals surface area contributed by atoms with Crippen molar-refractivity contribution in [2.45, 2.75) is 11.2 Å². The van der Waals surface area contributed by atoms with E-state index < -0.39 is 0 Å². The number of benzene rings is 1. The first-order valence-corrected chi connectivity index (χ1v) is 5.46. The van der Waals surface area contributed by atoms with Crippen LogP contribution in [0.4, 0.5) is 0 Å². The molecule has 2 nitrogen and oxygen atoms in total.